The lowest BCUT2D eigenvalue weighted by molar-refractivity contribution is 0.865. The van der Waals surface area contributed by atoms with E-state index in [2.05, 4.69) is 15.0 Å². The molecular weight excluding hydrogens is 246 g/mol. The molecule has 0 radical (unpaired) electrons. The highest BCUT2D eigenvalue weighted by atomic mass is 35.5. The molecular formula is C14H14ClN3. The van der Waals surface area contributed by atoms with Gasteiger partial charge in [-0.3, -0.25) is 4.98 Å². The summed E-state index contributed by atoms with van der Waals surface area (Å²) < 4.78 is 0. The minimum Gasteiger partial charge on any atom is -0.261 e. The summed E-state index contributed by atoms with van der Waals surface area (Å²) in [6, 6.07) is 5.91. The molecule has 0 amide bonds. The lowest BCUT2D eigenvalue weighted by Gasteiger charge is -2.08. The predicted octanol–water partition coefficient (Wildman–Crippen LogP) is 3.30. The summed E-state index contributed by atoms with van der Waals surface area (Å²) in [4.78, 5) is 13.4. The number of aromatic nitrogens is 3. The first-order chi connectivity index (χ1) is 8.74. The minimum atomic E-state index is 0.519. The lowest BCUT2D eigenvalue weighted by Crippen LogP contribution is -2.04. The Balaban J connectivity index is 1.95. The largest absolute Gasteiger partial charge is 0.261 e. The molecule has 4 heteroatoms. The maximum absolute atomic E-state index is 6.19. The van der Waals surface area contributed by atoms with Crippen LogP contribution in [0.2, 0.25) is 5.15 Å². The van der Waals surface area contributed by atoms with E-state index in [1.54, 1.807) is 6.20 Å². The van der Waals surface area contributed by atoms with Crippen molar-refractivity contribution in [2.75, 3.05) is 0 Å². The monoisotopic (exact) mass is 259 g/mol. The first kappa shape index (κ1) is 11.6. The quantitative estimate of drug-likeness (QED) is 0.794. The molecule has 1 saturated carbocycles. The number of rotatable bonds is 3. The van der Waals surface area contributed by atoms with E-state index in [9.17, 15) is 0 Å². The van der Waals surface area contributed by atoms with Gasteiger partial charge in [0.25, 0.3) is 0 Å². The van der Waals surface area contributed by atoms with E-state index < -0.39 is 0 Å². The zero-order chi connectivity index (χ0) is 12.5. The topological polar surface area (TPSA) is 38.7 Å². The standard InChI is InChI=1S/C14H14ClN3/c1-9-12(8-11-4-2-3-7-16-11)17-14(10-5-6-10)18-13(9)15/h2-4,7,10H,5-6,8H2,1H3. The van der Waals surface area contributed by atoms with Crippen molar-refractivity contribution in [2.24, 2.45) is 0 Å². The van der Waals surface area contributed by atoms with Crippen LogP contribution >= 0.6 is 11.6 Å². The van der Waals surface area contributed by atoms with Crippen LogP contribution in [-0.2, 0) is 6.42 Å². The Morgan fingerprint density at radius 3 is 2.78 bits per heavy atom. The molecule has 2 heterocycles. The molecule has 0 N–H and O–H groups in total. The van der Waals surface area contributed by atoms with Crippen molar-refractivity contribution < 1.29 is 0 Å². The Morgan fingerprint density at radius 1 is 1.28 bits per heavy atom. The predicted molar refractivity (Wildman–Crippen MR) is 70.8 cm³/mol. The van der Waals surface area contributed by atoms with Crippen LogP contribution in [0, 0.1) is 6.92 Å². The van der Waals surface area contributed by atoms with Crippen LogP contribution in [0.5, 0.6) is 0 Å². The Kier molecular flexibility index (Phi) is 3.00. The van der Waals surface area contributed by atoms with Crippen LogP contribution in [0.1, 0.15) is 41.5 Å². The fourth-order valence-corrected chi connectivity index (χ4v) is 2.12. The lowest BCUT2D eigenvalue weighted by atomic mass is 10.1. The average Bonchev–Trinajstić information content (AvgIpc) is 3.20. The molecule has 0 spiro atoms. The second-order valence-corrected chi connectivity index (χ2v) is 5.07. The van der Waals surface area contributed by atoms with Gasteiger partial charge in [0.2, 0.25) is 0 Å². The van der Waals surface area contributed by atoms with Crippen molar-refractivity contribution in [2.45, 2.75) is 32.1 Å². The Morgan fingerprint density at radius 2 is 2.11 bits per heavy atom. The van der Waals surface area contributed by atoms with E-state index in [0.717, 1.165) is 22.8 Å². The average molecular weight is 260 g/mol. The van der Waals surface area contributed by atoms with Gasteiger partial charge in [-0.2, -0.15) is 0 Å². The summed E-state index contributed by atoms with van der Waals surface area (Å²) in [6.45, 7) is 1.97. The van der Waals surface area contributed by atoms with Crippen molar-refractivity contribution in [1.29, 1.82) is 0 Å². The molecule has 0 atom stereocenters. The summed E-state index contributed by atoms with van der Waals surface area (Å²) in [7, 11) is 0. The number of hydrogen-bond acceptors (Lipinski definition) is 3. The smallest absolute Gasteiger partial charge is 0.135 e. The van der Waals surface area contributed by atoms with Crippen molar-refractivity contribution in [3.8, 4) is 0 Å². The minimum absolute atomic E-state index is 0.519. The zero-order valence-corrected chi connectivity index (χ0v) is 11.0. The normalized spacial score (nSPS) is 14.8. The summed E-state index contributed by atoms with van der Waals surface area (Å²) in [5.74, 6) is 1.42. The van der Waals surface area contributed by atoms with Gasteiger partial charge in [0.1, 0.15) is 11.0 Å². The molecule has 0 aromatic carbocycles. The van der Waals surface area contributed by atoms with E-state index in [1.807, 2.05) is 25.1 Å². The third-order valence-electron chi connectivity index (χ3n) is 3.22. The third-order valence-corrected chi connectivity index (χ3v) is 3.59. The van der Waals surface area contributed by atoms with Gasteiger partial charge in [0.05, 0.1) is 5.69 Å². The fraction of sp³-hybridized carbons (Fsp3) is 0.357. The van der Waals surface area contributed by atoms with Crippen LogP contribution in [0.4, 0.5) is 0 Å². The van der Waals surface area contributed by atoms with Gasteiger partial charge >= 0.3 is 0 Å². The maximum Gasteiger partial charge on any atom is 0.135 e. The molecule has 0 bridgehead atoms. The van der Waals surface area contributed by atoms with E-state index in [4.69, 9.17) is 11.6 Å². The summed E-state index contributed by atoms with van der Waals surface area (Å²) in [5, 5.41) is 0.581. The number of hydrogen-bond donors (Lipinski definition) is 0. The van der Waals surface area contributed by atoms with Gasteiger partial charge in [-0.1, -0.05) is 17.7 Å². The molecule has 0 aliphatic heterocycles. The molecule has 18 heavy (non-hydrogen) atoms. The summed E-state index contributed by atoms with van der Waals surface area (Å²) in [6.07, 6.45) is 4.88. The molecule has 0 saturated heterocycles. The summed E-state index contributed by atoms with van der Waals surface area (Å²) in [5.41, 5.74) is 2.97. The Labute approximate surface area is 111 Å². The third kappa shape index (κ3) is 2.36. The Hall–Kier alpha value is -1.48. The van der Waals surface area contributed by atoms with Crippen LogP contribution in [0.3, 0.4) is 0 Å². The van der Waals surface area contributed by atoms with E-state index in [-0.39, 0.29) is 0 Å². The molecule has 3 rings (SSSR count). The van der Waals surface area contributed by atoms with Crippen LogP contribution < -0.4 is 0 Å². The number of pyridine rings is 1. The van der Waals surface area contributed by atoms with Crippen molar-refractivity contribution in [1.82, 2.24) is 15.0 Å². The number of nitrogens with zero attached hydrogens (tertiary/aromatic N) is 3. The van der Waals surface area contributed by atoms with E-state index in [1.165, 1.54) is 12.8 Å². The van der Waals surface area contributed by atoms with Gasteiger partial charge in [-0.25, -0.2) is 9.97 Å². The van der Waals surface area contributed by atoms with Gasteiger partial charge in [0, 0.05) is 29.8 Å². The highest BCUT2D eigenvalue weighted by Gasteiger charge is 2.27. The Bertz CT molecular complexity index is 565. The molecule has 1 aliphatic carbocycles. The van der Waals surface area contributed by atoms with Crippen LogP contribution in [-0.4, -0.2) is 15.0 Å². The molecule has 92 valence electrons. The van der Waals surface area contributed by atoms with Crippen molar-refractivity contribution >= 4 is 11.6 Å². The summed E-state index contributed by atoms with van der Waals surface area (Å²) >= 11 is 6.19. The highest BCUT2D eigenvalue weighted by molar-refractivity contribution is 6.30. The van der Waals surface area contributed by atoms with Crippen LogP contribution in [0.15, 0.2) is 24.4 Å². The first-order valence-corrected chi connectivity index (χ1v) is 6.54. The highest BCUT2D eigenvalue weighted by Crippen LogP contribution is 2.39. The fourth-order valence-electron chi connectivity index (χ4n) is 1.92. The second-order valence-electron chi connectivity index (χ2n) is 4.72. The molecule has 0 unspecified atom stereocenters. The van der Waals surface area contributed by atoms with Crippen molar-refractivity contribution in [3.63, 3.8) is 0 Å². The van der Waals surface area contributed by atoms with Gasteiger partial charge in [0.15, 0.2) is 0 Å². The first-order valence-electron chi connectivity index (χ1n) is 6.17. The number of halogens is 1. The molecule has 1 fully saturated rings. The zero-order valence-electron chi connectivity index (χ0n) is 10.2. The maximum atomic E-state index is 6.19. The molecule has 2 aromatic rings. The van der Waals surface area contributed by atoms with Gasteiger partial charge < -0.3 is 0 Å². The van der Waals surface area contributed by atoms with E-state index in [0.29, 0.717) is 17.5 Å². The van der Waals surface area contributed by atoms with Crippen LogP contribution in [0.25, 0.3) is 0 Å². The SMILES string of the molecule is Cc1c(Cl)nc(C2CC2)nc1Cc1ccccn1. The van der Waals surface area contributed by atoms with Gasteiger partial charge in [-0.15, -0.1) is 0 Å². The van der Waals surface area contributed by atoms with E-state index >= 15 is 0 Å². The molecule has 3 nitrogen and oxygen atoms in total. The molecule has 1 aliphatic rings. The second kappa shape index (κ2) is 4.65. The van der Waals surface area contributed by atoms with Crippen molar-refractivity contribution in [3.05, 3.63) is 52.3 Å². The van der Waals surface area contributed by atoms with Gasteiger partial charge in [-0.05, 0) is 31.9 Å². The molecule has 2 aromatic heterocycles.